The van der Waals surface area contributed by atoms with E-state index in [2.05, 4.69) is 132 Å². The molecule has 0 saturated heterocycles. The van der Waals surface area contributed by atoms with Crippen LogP contribution in [0.4, 0.5) is 0 Å². The van der Waals surface area contributed by atoms with Gasteiger partial charge in [0.2, 0.25) is 0 Å². The Labute approximate surface area is 260 Å². The third-order valence-corrected chi connectivity index (χ3v) is 9.20. The number of imidazole rings is 1. The van der Waals surface area contributed by atoms with Gasteiger partial charge in [0.05, 0.1) is 11.5 Å². The van der Waals surface area contributed by atoms with Crippen LogP contribution in [0.2, 0.25) is 0 Å². The molecule has 0 spiro atoms. The maximum absolute atomic E-state index is 5.67. The molecular weight excluding hydrogens is 535 g/mol. The van der Waals surface area contributed by atoms with Gasteiger partial charge in [-0.05, 0) is 39.8 Å². The zero-order valence-corrected chi connectivity index (χ0v) is 25.6. The highest BCUT2D eigenvalue weighted by atomic mass is 28.2. The first-order valence-electron chi connectivity index (χ1n) is 14.7. The highest BCUT2D eigenvalue weighted by molar-refractivity contribution is 6.57. The van der Waals surface area contributed by atoms with E-state index < -0.39 is 0 Å². The van der Waals surface area contributed by atoms with Crippen molar-refractivity contribution in [3.63, 3.8) is 0 Å². The maximum atomic E-state index is 5.67. The minimum Gasteiger partial charge on any atom is -0.326 e. The summed E-state index contributed by atoms with van der Waals surface area (Å²) in [6.07, 6.45) is 8.19. The minimum atomic E-state index is -0.316. The highest BCUT2D eigenvalue weighted by Crippen LogP contribution is 2.33. The van der Waals surface area contributed by atoms with Crippen LogP contribution in [0.25, 0.3) is 5.57 Å². The molecule has 0 atom stereocenters. The fourth-order valence-corrected chi connectivity index (χ4v) is 7.12. The topological polar surface area (TPSA) is 17.8 Å². The van der Waals surface area contributed by atoms with E-state index in [4.69, 9.17) is 7.85 Å². The molecule has 6 aromatic rings. The molecule has 4 heteroatoms. The second kappa shape index (κ2) is 15.0. The Hall–Kier alpha value is -4.67. The first-order valence-corrected chi connectivity index (χ1v) is 15.7. The maximum Gasteiger partial charge on any atom is 0.127 e. The molecule has 6 rings (SSSR count). The Balaban J connectivity index is 0.000000207. The number of aromatic nitrogens is 2. The summed E-state index contributed by atoms with van der Waals surface area (Å²) in [4.78, 5) is 4.40. The molecule has 208 valence electrons. The van der Waals surface area contributed by atoms with Crippen molar-refractivity contribution in [3.05, 3.63) is 198 Å². The first kappa shape index (κ1) is 29.8. The normalized spacial score (nSPS) is 10.8. The molecule has 0 amide bonds. The molecule has 5 aromatic carbocycles. The molecule has 0 bridgehead atoms. The number of benzene rings is 5. The molecule has 0 aliphatic rings. The van der Waals surface area contributed by atoms with Crippen molar-refractivity contribution >= 4 is 28.1 Å². The molecule has 43 heavy (non-hydrogen) atoms. The molecule has 0 unspecified atom stereocenters. The van der Waals surface area contributed by atoms with E-state index in [0.717, 1.165) is 29.5 Å². The average Bonchev–Trinajstić information content (AvgIpc) is 3.62. The molecule has 0 fully saturated rings. The van der Waals surface area contributed by atoms with Crippen molar-refractivity contribution in [2.45, 2.75) is 24.9 Å². The summed E-state index contributed by atoms with van der Waals surface area (Å²) in [5, 5.41) is 1.05. The van der Waals surface area contributed by atoms with Gasteiger partial charge in [0.1, 0.15) is 17.4 Å². The van der Waals surface area contributed by atoms with Crippen LogP contribution in [-0.2, 0) is 11.6 Å². The zero-order chi connectivity index (χ0) is 29.7. The van der Waals surface area contributed by atoms with Crippen LogP contribution < -0.4 is 5.19 Å². The lowest BCUT2D eigenvalue weighted by molar-refractivity contribution is 0.596. The molecule has 2 nitrogen and oxygen atoms in total. The van der Waals surface area contributed by atoms with Crippen LogP contribution in [0.3, 0.4) is 0 Å². The molecule has 0 aliphatic carbocycles. The summed E-state index contributed by atoms with van der Waals surface area (Å²) in [6, 6.07) is 51.0. The van der Waals surface area contributed by atoms with E-state index in [1.807, 2.05) is 48.9 Å². The summed E-state index contributed by atoms with van der Waals surface area (Å²) in [5.41, 5.74) is 7.32. The van der Waals surface area contributed by atoms with Gasteiger partial charge in [-0.15, -0.1) is 5.98 Å². The summed E-state index contributed by atoms with van der Waals surface area (Å²) < 4.78 is 2.27. The van der Waals surface area contributed by atoms with Crippen LogP contribution in [0.1, 0.15) is 41.2 Å². The van der Waals surface area contributed by atoms with Crippen LogP contribution in [-0.4, -0.2) is 26.9 Å². The van der Waals surface area contributed by atoms with Crippen molar-refractivity contribution in [3.8, 4) is 0 Å². The monoisotopic (exact) mass is 570 g/mol. The van der Waals surface area contributed by atoms with Crippen molar-refractivity contribution in [1.82, 2.24) is 9.55 Å². The summed E-state index contributed by atoms with van der Waals surface area (Å²) in [5.74, 6) is 1.66. The lowest BCUT2D eigenvalue weighted by Gasteiger charge is -2.36. The lowest BCUT2D eigenvalue weighted by Crippen LogP contribution is -2.46. The van der Waals surface area contributed by atoms with Gasteiger partial charge in [-0.3, -0.25) is 0 Å². The van der Waals surface area contributed by atoms with Crippen molar-refractivity contribution < 1.29 is 0 Å². The smallest absolute Gasteiger partial charge is 0.127 e. The predicted octanol–water partition coefficient (Wildman–Crippen LogP) is 7.86. The summed E-state index contributed by atoms with van der Waals surface area (Å²) in [6.45, 7) is 2.23. The van der Waals surface area contributed by atoms with Gasteiger partial charge in [0, 0.05) is 12.4 Å². The Kier molecular flexibility index (Phi) is 10.4. The van der Waals surface area contributed by atoms with Crippen molar-refractivity contribution in [2.24, 2.45) is 0 Å². The SMILES string of the molecule is CCCc1cccc([Si]C(c2ccccc2)(c2ccccc2)n2ccnc2)c1.[B]C=C(c1ccccc1)c1ccccc1. The number of hydrogen-bond donors (Lipinski definition) is 0. The van der Waals surface area contributed by atoms with Gasteiger partial charge in [-0.25, -0.2) is 4.98 Å². The van der Waals surface area contributed by atoms with Crippen molar-refractivity contribution in [1.29, 1.82) is 0 Å². The Morgan fingerprint density at radius 2 is 1.26 bits per heavy atom. The van der Waals surface area contributed by atoms with Gasteiger partial charge in [-0.1, -0.05) is 164 Å². The van der Waals surface area contributed by atoms with Crippen LogP contribution in [0.15, 0.2) is 170 Å². The quantitative estimate of drug-likeness (QED) is 0.162. The predicted molar refractivity (Wildman–Crippen MR) is 183 cm³/mol. The molecule has 1 heterocycles. The van der Waals surface area contributed by atoms with Crippen LogP contribution in [0.5, 0.6) is 0 Å². The van der Waals surface area contributed by atoms with E-state index in [1.54, 1.807) is 5.98 Å². The van der Waals surface area contributed by atoms with Crippen molar-refractivity contribution in [2.75, 3.05) is 0 Å². The summed E-state index contributed by atoms with van der Waals surface area (Å²) >= 11 is 0. The molecule has 0 N–H and O–H groups in total. The number of rotatable bonds is 9. The second-order valence-corrected chi connectivity index (χ2v) is 11.9. The summed E-state index contributed by atoms with van der Waals surface area (Å²) in [7, 11) is 6.21. The number of nitrogens with zero attached hydrogens (tertiary/aromatic N) is 2. The van der Waals surface area contributed by atoms with E-state index in [-0.39, 0.29) is 5.16 Å². The van der Waals surface area contributed by atoms with Gasteiger partial charge in [-0.2, -0.15) is 0 Å². The van der Waals surface area contributed by atoms with E-state index >= 15 is 0 Å². The molecule has 4 radical (unpaired) electrons. The van der Waals surface area contributed by atoms with Gasteiger partial charge in [0.15, 0.2) is 0 Å². The Morgan fingerprint density at radius 3 is 1.72 bits per heavy atom. The molecule has 0 saturated carbocycles. The fraction of sp³-hybridized carbons (Fsp3) is 0.103. The Morgan fingerprint density at radius 1 is 0.721 bits per heavy atom. The number of hydrogen-bond acceptors (Lipinski definition) is 1. The van der Waals surface area contributed by atoms with Crippen LogP contribution in [0, 0.1) is 0 Å². The average molecular weight is 571 g/mol. The standard InChI is InChI=1S/C25H24N2Si.C14H11B/c1-2-10-21-11-9-16-24(19-21)28-25(27-18-17-26-20-27,22-12-5-3-6-13-22)23-14-7-4-8-15-23;15-11-14(12-7-3-1-4-8-12)13-9-5-2-6-10-13/h3-9,11-20H,2,10H2,1H3;1-11H. The third-order valence-electron chi connectivity index (χ3n) is 7.40. The van der Waals surface area contributed by atoms with Gasteiger partial charge >= 0.3 is 0 Å². The van der Waals surface area contributed by atoms with E-state index in [0.29, 0.717) is 9.52 Å². The zero-order valence-electron chi connectivity index (χ0n) is 24.6. The molecule has 0 aliphatic heterocycles. The van der Waals surface area contributed by atoms with Gasteiger partial charge < -0.3 is 4.57 Å². The van der Waals surface area contributed by atoms with E-state index in [9.17, 15) is 0 Å². The largest absolute Gasteiger partial charge is 0.326 e. The molecule has 1 aromatic heterocycles. The minimum absolute atomic E-state index is 0.316. The Bertz CT molecular complexity index is 1600. The van der Waals surface area contributed by atoms with E-state index in [1.165, 1.54) is 21.9 Å². The van der Waals surface area contributed by atoms with Crippen LogP contribution >= 0.6 is 0 Å². The first-order chi connectivity index (χ1) is 21.2. The van der Waals surface area contributed by atoms with Gasteiger partial charge in [0.25, 0.3) is 0 Å². The molecular formula is C39H35BN2Si. The second-order valence-electron chi connectivity index (χ2n) is 10.3. The fourth-order valence-electron chi connectivity index (χ4n) is 5.39. The third kappa shape index (κ3) is 7.22. The number of aryl methyl sites for hydroxylation is 1. The lowest BCUT2D eigenvalue weighted by atomic mass is 9.92. The highest BCUT2D eigenvalue weighted by Gasteiger charge is 2.37.